The summed E-state index contributed by atoms with van der Waals surface area (Å²) in [7, 11) is 1.26. The van der Waals surface area contributed by atoms with Gasteiger partial charge in [-0.3, -0.25) is 4.79 Å². The first-order valence-corrected chi connectivity index (χ1v) is 16.3. The average Bonchev–Trinajstić information content (AvgIpc) is 3.12. The Balaban J connectivity index is 1.40. The number of aliphatic hydroxyl groups excluding tert-OH is 8. The lowest BCUT2D eigenvalue weighted by molar-refractivity contribution is -0.352. The zero-order chi connectivity index (χ0) is 38.5. The molecule has 3 fully saturated rings. The highest BCUT2D eigenvalue weighted by Crippen LogP contribution is 2.40. The van der Waals surface area contributed by atoms with Gasteiger partial charge in [0.1, 0.15) is 77.4 Å². The third kappa shape index (κ3) is 7.47. The summed E-state index contributed by atoms with van der Waals surface area (Å²) in [5.74, 6) is -2.62. The highest BCUT2D eigenvalue weighted by atomic mass is 16.8. The molecule has 0 unspecified atom stereocenters. The minimum Gasteiger partial charge on any atom is -0.508 e. The molecule has 11 N–H and O–H groups in total. The summed E-state index contributed by atoms with van der Waals surface area (Å²) in [6.45, 7) is 0.210. The Morgan fingerprint density at radius 2 is 1.49 bits per heavy atom. The van der Waals surface area contributed by atoms with Gasteiger partial charge in [-0.05, 0) is 25.1 Å². The zero-order valence-corrected chi connectivity index (χ0v) is 28.0. The van der Waals surface area contributed by atoms with Crippen LogP contribution in [0.2, 0.25) is 0 Å². The van der Waals surface area contributed by atoms with E-state index in [0.717, 1.165) is 12.1 Å². The highest BCUT2D eigenvalue weighted by Gasteiger charge is 2.51. The summed E-state index contributed by atoms with van der Waals surface area (Å²) in [6.07, 6.45) is -23.7. The molecule has 3 aromatic rings. The number of rotatable bonds is 9. The first-order valence-electron chi connectivity index (χ1n) is 16.3. The van der Waals surface area contributed by atoms with Crippen molar-refractivity contribution >= 4 is 11.0 Å². The van der Waals surface area contributed by atoms with E-state index >= 15 is 0 Å². The summed E-state index contributed by atoms with van der Waals surface area (Å²) in [6, 6.07) is 5.68. The van der Waals surface area contributed by atoms with Crippen molar-refractivity contribution in [1.82, 2.24) is 0 Å². The van der Waals surface area contributed by atoms with Crippen LogP contribution in [0.1, 0.15) is 6.92 Å². The van der Waals surface area contributed by atoms with E-state index in [9.17, 15) is 61.0 Å². The maximum atomic E-state index is 14.1. The van der Waals surface area contributed by atoms with Gasteiger partial charge in [0.15, 0.2) is 35.9 Å². The summed E-state index contributed by atoms with van der Waals surface area (Å²) >= 11 is 0. The molecule has 0 bridgehead atoms. The van der Waals surface area contributed by atoms with Gasteiger partial charge in [-0.25, -0.2) is 0 Å². The maximum absolute atomic E-state index is 14.1. The molecule has 1 aromatic heterocycles. The minimum atomic E-state index is -2.01. The number of hydrogen-bond donors (Lipinski definition) is 11. The van der Waals surface area contributed by atoms with E-state index in [0.29, 0.717) is 0 Å². The quantitative estimate of drug-likeness (QED) is 0.104. The number of methoxy groups -OCH3 is 1. The molecule has 3 saturated heterocycles. The molecule has 0 amide bonds. The van der Waals surface area contributed by atoms with Crippen molar-refractivity contribution in [3.8, 4) is 40.1 Å². The van der Waals surface area contributed by atoms with Crippen LogP contribution >= 0.6 is 0 Å². The fraction of sp³-hybridized carbons (Fsp3) is 0.545. The van der Waals surface area contributed by atoms with Gasteiger partial charge in [0.2, 0.25) is 17.5 Å². The topological polar surface area (TPSA) is 317 Å². The number of aliphatic hydroxyl groups is 8. The summed E-state index contributed by atoms with van der Waals surface area (Å²) in [4.78, 5) is 14.1. The molecule has 0 saturated carbocycles. The second-order valence-electron chi connectivity index (χ2n) is 12.8. The molecule has 0 spiro atoms. The molecule has 0 aliphatic carbocycles. The Labute approximate surface area is 298 Å². The maximum Gasteiger partial charge on any atom is 0.239 e. The smallest absolute Gasteiger partial charge is 0.239 e. The van der Waals surface area contributed by atoms with Crippen LogP contribution in [0, 0.1) is 0 Å². The predicted molar refractivity (Wildman–Crippen MR) is 172 cm³/mol. The molecule has 0 radical (unpaired) electrons. The van der Waals surface area contributed by atoms with E-state index in [-0.39, 0.29) is 28.4 Å². The van der Waals surface area contributed by atoms with Crippen LogP contribution in [-0.4, -0.2) is 163 Å². The van der Waals surface area contributed by atoms with Gasteiger partial charge in [-0.15, -0.1) is 0 Å². The van der Waals surface area contributed by atoms with E-state index in [1.807, 2.05) is 0 Å². The second-order valence-corrected chi connectivity index (χ2v) is 12.8. The number of fused-ring (bicyclic) bond motifs is 1. The molecule has 3 aliphatic heterocycles. The molecule has 2 aromatic carbocycles. The Bertz CT molecular complexity index is 1820. The molecular formula is C33H40O20. The van der Waals surface area contributed by atoms with Crippen molar-refractivity contribution in [2.24, 2.45) is 0 Å². The van der Waals surface area contributed by atoms with Crippen molar-refractivity contribution in [2.45, 2.75) is 92.9 Å². The molecule has 53 heavy (non-hydrogen) atoms. The molecule has 20 nitrogen and oxygen atoms in total. The average molecular weight is 757 g/mol. The molecule has 292 valence electrons. The number of phenolic OH excluding ortho intramolecular Hbond substituents is 3. The number of ether oxygens (including phenoxy) is 7. The fourth-order valence-corrected chi connectivity index (χ4v) is 6.18. The first kappa shape index (κ1) is 38.8. The fourth-order valence-electron chi connectivity index (χ4n) is 6.18. The van der Waals surface area contributed by atoms with Crippen LogP contribution in [0.15, 0.2) is 39.5 Å². The molecular weight excluding hydrogens is 716 g/mol. The Hall–Kier alpha value is -3.87. The van der Waals surface area contributed by atoms with Gasteiger partial charge in [-0.1, -0.05) is 0 Å². The summed E-state index contributed by atoms with van der Waals surface area (Å²) < 4.78 is 45.2. The lowest BCUT2D eigenvalue weighted by Crippen LogP contribution is -2.64. The minimum absolute atomic E-state index is 0.0478. The van der Waals surface area contributed by atoms with E-state index in [4.69, 9.17) is 37.6 Å². The van der Waals surface area contributed by atoms with Gasteiger partial charge >= 0.3 is 0 Å². The summed E-state index contributed by atoms with van der Waals surface area (Å²) in [5, 5.41) is 114. The first-order chi connectivity index (χ1) is 25.1. The van der Waals surface area contributed by atoms with Gasteiger partial charge in [0, 0.05) is 17.7 Å². The van der Waals surface area contributed by atoms with Crippen LogP contribution in [0.5, 0.6) is 28.7 Å². The number of phenols is 3. The number of hydrogen-bond acceptors (Lipinski definition) is 20. The Morgan fingerprint density at radius 1 is 0.774 bits per heavy atom. The van der Waals surface area contributed by atoms with Crippen molar-refractivity contribution in [1.29, 1.82) is 0 Å². The van der Waals surface area contributed by atoms with Gasteiger partial charge < -0.3 is 93.7 Å². The molecule has 20 heteroatoms. The number of aromatic hydroxyl groups is 3. The van der Waals surface area contributed by atoms with Crippen LogP contribution in [0.25, 0.3) is 22.3 Å². The van der Waals surface area contributed by atoms with Gasteiger partial charge in [0.25, 0.3) is 0 Å². The standard InChI is InChI=1S/C33H40O20/c1-10-20(38)24(42)27(45)31(49-10)48-9-18-22(40)25(43)30(53-32-26(44)21(39)15(37)8-47-32)33(51-18)52-29-23(41)19-14(36)6-12(34)7-17(19)50-28(29)11-3-4-13(35)16(5-11)46-2/h3-7,10,15,18,20-22,24-27,30-40,42-45H,8-9H2,1-2H3/t10-,15+,18+,20-,21-,22+,24+,25-,26+,27+,30+,31+,32-,33-/m0/s1. The lowest BCUT2D eigenvalue weighted by atomic mass is 9.98. The summed E-state index contributed by atoms with van der Waals surface area (Å²) in [5.41, 5.74) is -1.30. The molecule has 14 atom stereocenters. The van der Waals surface area contributed by atoms with Crippen LogP contribution in [0.4, 0.5) is 0 Å². The van der Waals surface area contributed by atoms with Gasteiger partial charge in [-0.2, -0.15) is 0 Å². The second kappa shape index (κ2) is 15.5. The van der Waals surface area contributed by atoms with Crippen LogP contribution < -0.4 is 14.9 Å². The number of benzene rings is 2. The van der Waals surface area contributed by atoms with Crippen molar-refractivity contribution in [3.05, 3.63) is 40.6 Å². The van der Waals surface area contributed by atoms with Crippen LogP contribution in [-0.2, 0) is 23.7 Å². The van der Waals surface area contributed by atoms with Crippen molar-refractivity contribution in [2.75, 3.05) is 20.3 Å². The van der Waals surface area contributed by atoms with Gasteiger partial charge in [0.05, 0.1) is 26.4 Å². The van der Waals surface area contributed by atoms with Crippen LogP contribution in [0.3, 0.4) is 0 Å². The highest BCUT2D eigenvalue weighted by molar-refractivity contribution is 5.88. The lowest BCUT2D eigenvalue weighted by Gasteiger charge is -2.45. The molecule has 4 heterocycles. The van der Waals surface area contributed by atoms with E-state index in [1.165, 1.54) is 32.2 Å². The normalized spacial score (nSPS) is 36.3. The largest absolute Gasteiger partial charge is 0.508 e. The monoisotopic (exact) mass is 756 g/mol. The Kier molecular flexibility index (Phi) is 11.3. The van der Waals surface area contributed by atoms with Crippen molar-refractivity contribution < 1.29 is 93.7 Å². The Morgan fingerprint density at radius 3 is 2.21 bits per heavy atom. The van der Waals surface area contributed by atoms with E-state index in [1.54, 1.807) is 0 Å². The van der Waals surface area contributed by atoms with E-state index < -0.39 is 127 Å². The van der Waals surface area contributed by atoms with E-state index in [2.05, 4.69) is 0 Å². The SMILES string of the molecule is COc1cc(-c2oc3cc(O)cc(O)c3c(=O)c2O[C@@H]2O[C@H](CO[C@@H]3O[C@@H](C)[C@H](O)[C@@H](O)[C@H]3O)[C@@H](O)[C@H](O)[C@H]2O[C@@H]2OC[C@@H](O)[C@H](O)[C@H]2O)ccc1O. The zero-order valence-electron chi connectivity index (χ0n) is 28.0. The predicted octanol–water partition coefficient (Wildman–Crippen LogP) is -2.92. The molecule has 6 rings (SSSR count). The van der Waals surface area contributed by atoms with Crippen molar-refractivity contribution in [3.63, 3.8) is 0 Å². The molecule has 3 aliphatic rings. The third-order valence-electron chi connectivity index (χ3n) is 9.22. The third-order valence-corrected chi connectivity index (χ3v) is 9.22.